The van der Waals surface area contributed by atoms with Gasteiger partial charge in [0.2, 0.25) is 0 Å². The van der Waals surface area contributed by atoms with Crippen LogP contribution >= 0.6 is 12.4 Å². The van der Waals surface area contributed by atoms with Gasteiger partial charge in [-0.3, -0.25) is 4.79 Å². The molecule has 1 aromatic rings. The highest BCUT2D eigenvalue weighted by molar-refractivity contribution is 5.94. The second-order valence-electron chi connectivity index (χ2n) is 3.92. The molecule has 0 aromatic heterocycles. The van der Waals surface area contributed by atoms with Gasteiger partial charge >= 0.3 is 6.61 Å². The number of carbonyl (C=O) groups excluding carboxylic acids is 1. The molecule has 0 aliphatic heterocycles. The summed E-state index contributed by atoms with van der Waals surface area (Å²) in [5, 5.41) is 2.68. The lowest BCUT2D eigenvalue weighted by Crippen LogP contribution is -2.28. The lowest BCUT2D eigenvalue weighted by Gasteiger charge is -2.08. The first-order valence-electron chi connectivity index (χ1n) is 5.57. The minimum atomic E-state index is -2.87. The van der Waals surface area contributed by atoms with Crippen LogP contribution in [0.1, 0.15) is 23.7 Å². The molecule has 4 nitrogen and oxygen atoms in total. The Bertz CT molecular complexity index is 386. The van der Waals surface area contributed by atoms with Crippen LogP contribution in [0.3, 0.4) is 0 Å². The van der Waals surface area contributed by atoms with Gasteiger partial charge in [-0.05, 0) is 37.6 Å². The van der Waals surface area contributed by atoms with E-state index in [1.54, 1.807) is 0 Å². The van der Waals surface area contributed by atoms with Gasteiger partial charge in [0.25, 0.3) is 5.91 Å². The summed E-state index contributed by atoms with van der Waals surface area (Å²) in [5.74, 6) is -0.239. The van der Waals surface area contributed by atoms with Crippen LogP contribution in [-0.4, -0.2) is 25.1 Å². The van der Waals surface area contributed by atoms with Crippen LogP contribution in [-0.2, 0) is 0 Å². The van der Waals surface area contributed by atoms with Gasteiger partial charge in [0.1, 0.15) is 5.75 Å². The molecule has 108 valence electrons. The Balaban J connectivity index is 0.00000324. The van der Waals surface area contributed by atoms with Crippen molar-refractivity contribution in [3.05, 3.63) is 29.8 Å². The van der Waals surface area contributed by atoms with Crippen molar-refractivity contribution in [1.82, 2.24) is 5.32 Å². The maximum absolute atomic E-state index is 11.9. The van der Waals surface area contributed by atoms with Crippen LogP contribution in [0.4, 0.5) is 8.78 Å². The van der Waals surface area contributed by atoms with Gasteiger partial charge in [0, 0.05) is 18.2 Å². The van der Waals surface area contributed by atoms with E-state index in [4.69, 9.17) is 5.73 Å². The van der Waals surface area contributed by atoms with Gasteiger partial charge in [-0.15, -0.1) is 12.4 Å². The molecule has 0 bridgehead atoms. The summed E-state index contributed by atoms with van der Waals surface area (Å²) < 4.78 is 28.0. The van der Waals surface area contributed by atoms with E-state index in [2.05, 4.69) is 10.1 Å². The molecule has 0 radical (unpaired) electrons. The number of benzene rings is 1. The van der Waals surface area contributed by atoms with E-state index < -0.39 is 6.61 Å². The molecule has 0 aliphatic carbocycles. The summed E-state index contributed by atoms with van der Waals surface area (Å²) in [5.41, 5.74) is 5.93. The smallest absolute Gasteiger partial charge is 0.387 e. The Morgan fingerprint density at radius 2 is 1.95 bits per heavy atom. The highest BCUT2D eigenvalue weighted by Gasteiger charge is 2.07. The van der Waals surface area contributed by atoms with Crippen molar-refractivity contribution >= 4 is 18.3 Å². The average Bonchev–Trinajstić information content (AvgIpc) is 2.28. The second-order valence-corrected chi connectivity index (χ2v) is 3.92. The van der Waals surface area contributed by atoms with Gasteiger partial charge in [0.15, 0.2) is 0 Å². The Hall–Kier alpha value is -1.40. The van der Waals surface area contributed by atoms with Crippen molar-refractivity contribution in [2.75, 3.05) is 6.54 Å². The molecule has 1 aromatic carbocycles. The van der Waals surface area contributed by atoms with E-state index in [-0.39, 0.29) is 30.1 Å². The minimum absolute atomic E-state index is 0. The zero-order valence-corrected chi connectivity index (χ0v) is 11.3. The molecule has 1 rings (SSSR count). The largest absolute Gasteiger partial charge is 0.435 e. The summed E-state index contributed by atoms with van der Waals surface area (Å²) >= 11 is 0. The first-order chi connectivity index (χ1) is 8.49. The Morgan fingerprint density at radius 3 is 2.42 bits per heavy atom. The normalized spacial score (nSPS) is 11.6. The van der Waals surface area contributed by atoms with Gasteiger partial charge in [-0.25, -0.2) is 0 Å². The molecule has 0 saturated heterocycles. The van der Waals surface area contributed by atoms with Gasteiger partial charge in [-0.2, -0.15) is 8.78 Å². The fraction of sp³-hybridized carbons (Fsp3) is 0.417. The van der Waals surface area contributed by atoms with Gasteiger partial charge in [0.05, 0.1) is 0 Å². The number of nitrogens with one attached hydrogen (secondary N) is 1. The average molecular weight is 295 g/mol. The van der Waals surface area contributed by atoms with Gasteiger partial charge in [-0.1, -0.05) is 0 Å². The first kappa shape index (κ1) is 17.6. The van der Waals surface area contributed by atoms with E-state index in [1.165, 1.54) is 24.3 Å². The van der Waals surface area contributed by atoms with Crippen molar-refractivity contribution in [2.24, 2.45) is 5.73 Å². The topological polar surface area (TPSA) is 64.3 Å². The molecule has 0 fully saturated rings. The van der Waals surface area contributed by atoms with E-state index in [0.717, 1.165) is 0 Å². The SMILES string of the molecule is CC(N)CCNC(=O)c1ccc(OC(F)F)cc1.Cl. The van der Waals surface area contributed by atoms with Crippen molar-refractivity contribution in [1.29, 1.82) is 0 Å². The van der Waals surface area contributed by atoms with Crippen molar-refractivity contribution in [3.63, 3.8) is 0 Å². The molecular formula is C12H17ClF2N2O2. The highest BCUT2D eigenvalue weighted by Crippen LogP contribution is 2.14. The molecule has 0 spiro atoms. The van der Waals surface area contributed by atoms with Crippen LogP contribution in [0.5, 0.6) is 5.75 Å². The fourth-order valence-corrected chi connectivity index (χ4v) is 1.30. The predicted octanol–water partition coefficient (Wildman–Crippen LogP) is 2.18. The second kappa shape index (κ2) is 8.66. The van der Waals surface area contributed by atoms with Crippen LogP contribution < -0.4 is 15.8 Å². The molecule has 1 unspecified atom stereocenters. The maximum Gasteiger partial charge on any atom is 0.387 e. The zero-order valence-electron chi connectivity index (χ0n) is 10.4. The number of hydrogen-bond donors (Lipinski definition) is 2. The summed E-state index contributed by atoms with van der Waals surface area (Å²) in [6, 6.07) is 5.53. The molecule has 1 atom stereocenters. The standard InChI is InChI=1S/C12H16F2N2O2.ClH/c1-8(15)6-7-16-11(17)9-2-4-10(5-3-9)18-12(13)14;/h2-5,8,12H,6-7,15H2,1H3,(H,16,17);1H. The zero-order chi connectivity index (χ0) is 13.5. The summed E-state index contributed by atoms with van der Waals surface area (Å²) in [4.78, 5) is 11.6. The molecule has 0 saturated carbocycles. The fourth-order valence-electron chi connectivity index (χ4n) is 1.30. The third kappa shape index (κ3) is 6.93. The van der Waals surface area contributed by atoms with Crippen molar-refractivity contribution in [2.45, 2.75) is 26.0 Å². The summed E-state index contributed by atoms with van der Waals surface area (Å²) in [6.07, 6.45) is 0.679. The third-order valence-electron chi connectivity index (χ3n) is 2.23. The minimum Gasteiger partial charge on any atom is -0.435 e. The van der Waals surface area contributed by atoms with Crippen LogP contribution in [0.25, 0.3) is 0 Å². The van der Waals surface area contributed by atoms with E-state index >= 15 is 0 Å². The van der Waals surface area contributed by atoms with E-state index in [9.17, 15) is 13.6 Å². The lowest BCUT2D eigenvalue weighted by molar-refractivity contribution is -0.0498. The molecule has 7 heteroatoms. The molecular weight excluding hydrogens is 278 g/mol. The summed E-state index contributed by atoms with van der Waals surface area (Å²) in [6.45, 7) is -0.537. The monoisotopic (exact) mass is 294 g/mol. The molecule has 1 amide bonds. The van der Waals surface area contributed by atoms with Crippen LogP contribution in [0.15, 0.2) is 24.3 Å². The quantitative estimate of drug-likeness (QED) is 0.845. The molecule has 0 heterocycles. The number of rotatable bonds is 6. The number of amides is 1. The highest BCUT2D eigenvalue weighted by atomic mass is 35.5. The van der Waals surface area contributed by atoms with Crippen LogP contribution in [0.2, 0.25) is 0 Å². The number of alkyl halides is 2. The molecule has 0 aliphatic rings. The Labute approximate surface area is 116 Å². The predicted molar refractivity (Wildman–Crippen MR) is 70.9 cm³/mol. The number of carbonyl (C=O) groups is 1. The first-order valence-corrected chi connectivity index (χ1v) is 5.57. The van der Waals surface area contributed by atoms with Gasteiger partial charge < -0.3 is 15.8 Å². The Morgan fingerprint density at radius 1 is 1.37 bits per heavy atom. The maximum atomic E-state index is 11.9. The summed E-state index contributed by atoms with van der Waals surface area (Å²) in [7, 11) is 0. The van der Waals surface area contributed by atoms with Crippen molar-refractivity contribution in [3.8, 4) is 5.75 Å². The number of hydrogen-bond acceptors (Lipinski definition) is 3. The lowest BCUT2D eigenvalue weighted by atomic mass is 10.2. The molecule has 3 N–H and O–H groups in total. The van der Waals surface area contributed by atoms with Crippen molar-refractivity contribution < 1.29 is 18.3 Å². The van der Waals surface area contributed by atoms with E-state index in [1.807, 2.05) is 6.92 Å². The van der Waals surface area contributed by atoms with Crippen LogP contribution in [0, 0.1) is 0 Å². The number of ether oxygens (including phenoxy) is 1. The van der Waals surface area contributed by atoms with E-state index in [0.29, 0.717) is 18.5 Å². The molecule has 19 heavy (non-hydrogen) atoms. The Kier molecular flexibility index (Phi) is 8.02. The number of nitrogens with two attached hydrogens (primary N) is 1. The number of halogens is 3. The third-order valence-corrected chi connectivity index (χ3v) is 2.23.